The van der Waals surface area contributed by atoms with Gasteiger partial charge in [0.1, 0.15) is 18.0 Å². The average molecular weight is 298 g/mol. The van der Waals surface area contributed by atoms with E-state index in [-0.39, 0.29) is 10.6 Å². The molecule has 2 aromatic carbocycles. The van der Waals surface area contributed by atoms with Crippen molar-refractivity contribution in [3.05, 3.63) is 64.2 Å². The summed E-state index contributed by atoms with van der Waals surface area (Å²) >= 11 is 0. The third kappa shape index (κ3) is 3.19. The molecule has 0 N–H and O–H groups in total. The summed E-state index contributed by atoms with van der Waals surface area (Å²) in [4.78, 5) is 13.1. The van der Waals surface area contributed by atoms with Gasteiger partial charge in [-0.2, -0.15) is 0 Å². The average Bonchev–Trinajstić information content (AvgIpc) is 3.08. The summed E-state index contributed by atoms with van der Waals surface area (Å²) in [5.41, 5.74) is 1.84. The number of ether oxygens (including phenoxy) is 1. The van der Waals surface area contributed by atoms with Gasteiger partial charge in [0.05, 0.1) is 11.0 Å². The molecule has 22 heavy (non-hydrogen) atoms. The van der Waals surface area contributed by atoms with Crippen molar-refractivity contribution in [1.82, 2.24) is 0 Å². The Kier molecular flexibility index (Phi) is 4.23. The Bertz CT molecular complexity index is 652. The summed E-state index contributed by atoms with van der Waals surface area (Å²) in [6.07, 6.45) is 2.17. The summed E-state index contributed by atoms with van der Waals surface area (Å²) in [6.45, 7) is 2.16. The number of hydrogen-bond acceptors (Lipinski definition) is 4. The minimum absolute atomic E-state index is 0.118. The highest BCUT2D eigenvalue weighted by atomic mass is 16.6. The molecule has 0 bridgehead atoms. The third-order valence-electron chi connectivity index (χ3n) is 3.84. The SMILES string of the molecule is O=[N+]([O-])c1cc(OCc2ccccc2)ccc1N1CCCC1. The fraction of sp³-hybridized carbons (Fsp3) is 0.294. The lowest BCUT2D eigenvalue weighted by Gasteiger charge is -2.18. The number of benzene rings is 2. The predicted molar refractivity (Wildman–Crippen MR) is 85.3 cm³/mol. The van der Waals surface area contributed by atoms with Crippen molar-refractivity contribution in [2.75, 3.05) is 18.0 Å². The van der Waals surface area contributed by atoms with Crippen LogP contribution in [0.2, 0.25) is 0 Å². The van der Waals surface area contributed by atoms with E-state index in [0.717, 1.165) is 31.5 Å². The van der Waals surface area contributed by atoms with Crippen molar-refractivity contribution in [2.45, 2.75) is 19.4 Å². The highest BCUT2D eigenvalue weighted by Crippen LogP contribution is 2.34. The van der Waals surface area contributed by atoms with E-state index in [0.29, 0.717) is 18.0 Å². The molecular weight excluding hydrogens is 280 g/mol. The fourth-order valence-electron chi connectivity index (χ4n) is 2.71. The predicted octanol–water partition coefficient (Wildman–Crippen LogP) is 3.77. The molecule has 2 aromatic rings. The second kappa shape index (κ2) is 6.47. The summed E-state index contributed by atoms with van der Waals surface area (Å²) < 4.78 is 5.68. The molecule has 1 saturated heterocycles. The van der Waals surface area contributed by atoms with E-state index in [9.17, 15) is 10.1 Å². The number of anilines is 1. The first kappa shape index (κ1) is 14.4. The first-order valence-corrected chi connectivity index (χ1v) is 7.44. The van der Waals surface area contributed by atoms with Gasteiger partial charge in [-0.1, -0.05) is 30.3 Å². The molecular formula is C17H18N2O3. The van der Waals surface area contributed by atoms with Gasteiger partial charge >= 0.3 is 0 Å². The maximum absolute atomic E-state index is 11.3. The van der Waals surface area contributed by atoms with Gasteiger partial charge in [-0.15, -0.1) is 0 Å². The van der Waals surface area contributed by atoms with Crippen molar-refractivity contribution >= 4 is 11.4 Å². The van der Waals surface area contributed by atoms with Crippen LogP contribution in [-0.2, 0) is 6.61 Å². The molecule has 0 amide bonds. The van der Waals surface area contributed by atoms with Crippen molar-refractivity contribution in [3.63, 3.8) is 0 Å². The maximum Gasteiger partial charge on any atom is 0.296 e. The smallest absolute Gasteiger partial charge is 0.296 e. The Labute approximate surface area is 129 Å². The number of nitro benzene ring substituents is 1. The fourth-order valence-corrected chi connectivity index (χ4v) is 2.71. The molecule has 5 nitrogen and oxygen atoms in total. The van der Waals surface area contributed by atoms with Crippen LogP contribution in [0.1, 0.15) is 18.4 Å². The largest absolute Gasteiger partial charge is 0.489 e. The summed E-state index contributed by atoms with van der Waals surface area (Å²) in [5, 5.41) is 11.3. The molecule has 0 aromatic heterocycles. The molecule has 3 rings (SSSR count). The molecule has 0 aliphatic carbocycles. The highest BCUT2D eigenvalue weighted by Gasteiger charge is 2.22. The molecule has 0 saturated carbocycles. The van der Waals surface area contributed by atoms with Gasteiger partial charge in [-0.05, 0) is 30.5 Å². The molecule has 0 unspecified atom stereocenters. The van der Waals surface area contributed by atoms with Crippen LogP contribution in [0.5, 0.6) is 5.75 Å². The monoisotopic (exact) mass is 298 g/mol. The van der Waals surface area contributed by atoms with Crippen molar-refractivity contribution in [3.8, 4) is 5.75 Å². The zero-order valence-electron chi connectivity index (χ0n) is 12.3. The Hall–Kier alpha value is -2.56. The van der Waals surface area contributed by atoms with Crippen LogP contribution in [0, 0.1) is 10.1 Å². The van der Waals surface area contributed by atoms with Crippen molar-refractivity contribution in [2.24, 2.45) is 0 Å². The second-order valence-electron chi connectivity index (χ2n) is 5.38. The molecule has 1 heterocycles. The number of nitro groups is 1. The number of hydrogen-bond donors (Lipinski definition) is 0. The van der Waals surface area contributed by atoms with E-state index in [1.165, 1.54) is 6.07 Å². The van der Waals surface area contributed by atoms with E-state index in [2.05, 4.69) is 4.90 Å². The van der Waals surface area contributed by atoms with Crippen molar-refractivity contribution < 1.29 is 9.66 Å². The van der Waals surface area contributed by atoms with E-state index in [1.54, 1.807) is 6.07 Å². The maximum atomic E-state index is 11.3. The van der Waals surface area contributed by atoms with Gasteiger partial charge in [0, 0.05) is 13.1 Å². The zero-order valence-corrected chi connectivity index (χ0v) is 12.3. The van der Waals surface area contributed by atoms with E-state index < -0.39 is 0 Å². The van der Waals surface area contributed by atoms with Crippen LogP contribution >= 0.6 is 0 Å². The van der Waals surface area contributed by atoms with Gasteiger partial charge in [0.15, 0.2) is 0 Å². The Morgan fingerprint density at radius 1 is 1.09 bits per heavy atom. The van der Waals surface area contributed by atoms with Crippen LogP contribution in [0.25, 0.3) is 0 Å². The topological polar surface area (TPSA) is 55.6 Å². The lowest BCUT2D eigenvalue weighted by atomic mass is 10.2. The van der Waals surface area contributed by atoms with Gasteiger partial charge in [0.25, 0.3) is 5.69 Å². The molecule has 0 atom stereocenters. The molecule has 0 radical (unpaired) electrons. The van der Waals surface area contributed by atoms with Crippen LogP contribution in [0.4, 0.5) is 11.4 Å². The van der Waals surface area contributed by atoms with Crippen LogP contribution in [0.3, 0.4) is 0 Å². The molecule has 114 valence electrons. The number of rotatable bonds is 5. The Balaban J connectivity index is 1.78. The summed E-state index contributed by atoms with van der Waals surface area (Å²) in [6, 6.07) is 14.9. The first-order valence-electron chi connectivity index (χ1n) is 7.44. The molecule has 1 aliphatic heterocycles. The Morgan fingerprint density at radius 2 is 1.82 bits per heavy atom. The van der Waals surface area contributed by atoms with Gasteiger partial charge in [-0.3, -0.25) is 10.1 Å². The zero-order chi connectivity index (χ0) is 15.4. The van der Waals surface area contributed by atoms with E-state index >= 15 is 0 Å². The van der Waals surface area contributed by atoms with E-state index in [1.807, 2.05) is 36.4 Å². The second-order valence-corrected chi connectivity index (χ2v) is 5.38. The molecule has 1 fully saturated rings. The third-order valence-corrected chi connectivity index (χ3v) is 3.84. The van der Waals surface area contributed by atoms with Crippen LogP contribution in [-0.4, -0.2) is 18.0 Å². The van der Waals surface area contributed by atoms with Gasteiger partial charge < -0.3 is 9.64 Å². The van der Waals surface area contributed by atoms with Gasteiger partial charge in [-0.25, -0.2) is 0 Å². The van der Waals surface area contributed by atoms with Crippen molar-refractivity contribution in [1.29, 1.82) is 0 Å². The molecule has 0 spiro atoms. The lowest BCUT2D eigenvalue weighted by Crippen LogP contribution is -2.18. The normalized spacial score (nSPS) is 14.1. The lowest BCUT2D eigenvalue weighted by molar-refractivity contribution is -0.384. The van der Waals surface area contributed by atoms with Crippen LogP contribution in [0.15, 0.2) is 48.5 Å². The molecule has 1 aliphatic rings. The highest BCUT2D eigenvalue weighted by molar-refractivity contribution is 5.65. The summed E-state index contributed by atoms with van der Waals surface area (Å²) in [7, 11) is 0. The van der Waals surface area contributed by atoms with E-state index in [4.69, 9.17) is 4.74 Å². The Morgan fingerprint density at radius 3 is 2.50 bits per heavy atom. The quantitative estimate of drug-likeness (QED) is 0.622. The number of nitrogens with zero attached hydrogens (tertiary/aromatic N) is 2. The standard InChI is InChI=1S/C17H18N2O3/c20-19(21)17-12-15(22-13-14-6-2-1-3-7-14)8-9-16(17)18-10-4-5-11-18/h1-3,6-9,12H,4-5,10-11,13H2. The minimum Gasteiger partial charge on any atom is -0.489 e. The molecule has 5 heteroatoms. The first-order chi connectivity index (χ1) is 10.7. The van der Waals surface area contributed by atoms with Crippen LogP contribution < -0.4 is 9.64 Å². The minimum atomic E-state index is -0.330. The summed E-state index contributed by atoms with van der Waals surface area (Å²) in [5.74, 6) is 0.526. The van der Waals surface area contributed by atoms with Gasteiger partial charge in [0.2, 0.25) is 0 Å².